The number of aromatic nitrogens is 1. The van der Waals surface area contributed by atoms with Crippen LogP contribution in [0.1, 0.15) is 16.3 Å². The Balaban J connectivity index is 2.19. The summed E-state index contributed by atoms with van der Waals surface area (Å²) in [5.74, 6) is 0.191. The van der Waals surface area contributed by atoms with Gasteiger partial charge in [0.1, 0.15) is 18.1 Å². The fourth-order valence-corrected chi connectivity index (χ4v) is 2.29. The summed E-state index contributed by atoms with van der Waals surface area (Å²) in [5.41, 5.74) is 1.51. The summed E-state index contributed by atoms with van der Waals surface area (Å²) in [5, 5.41) is 11.6. The molecule has 1 aromatic heterocycles. The molecule has 0 aliphatic carbocycles. The second-order valence-corrected chi connectivity index (χ2v) is 5.28. The molecule has 0 atom stereocenters. The van der Waals surface area contributed by atoms with Crippen LogP contribution in [0, 0.1) is 6.92 Å². The van der Waals surface area contributed by atoms with Gasteiger partial charge in [0, 0.05) is 23.1 Å². The van der Waals surface area contributed by atoms with Gasteiger partial charge in [0.05, 0.1) is 17.8 Å². The van der Waals surface area contributed by atoms with E-state index in [2.05, 4.69) is 4.98 Å². The maximum Gasteiger partial charge on any atom is 0.328 e. The van der Waals surface area contributed by atoms with Crippen molar-refractivity contribution in [2.45, 2.75) is 13.5 Å². The van der Waals surface area contributed by atoms with Crippen LogP contribution in [0.15, 0.2) is 29.7 Å². The molecule has 0 saturated heterocycles. The van der Waals surface area contributed by atoms with E-state index in [1.54, 1.807) is 36.6 Å². The third kappa shape index (κ3) is 4.32. The summed E-state index contributed by atoms with van der Waals surface area (Å²) in [6.07, 6.45) is 2.56. The maximum atomic E-state index is 10.6. The SMILES string of the molecule is COc1ccc(/C=C/C(=O)O)c(OCc2csc(C)n2)c1. The molecule has 0 aliphatic rings. The van der Waals surface area contributed by atoms with Crippen molar-refractivity contribution in [2.24, 2.45) is 0 Å². The number of aryl methyl sites for hydroxylation is 1. The van der Waals surface area contributed by atoms with Crippen molar-refractivity contribution in [1.29, 1.82) is 0 Å². The number of carbonyl (C=O) groups is 1. The zero-order chi connectivity index (χ0) is 15.2. The average molecular weight is 305 g/mol. The number of carboxylic acid groups (broad SMARTS) is 1. The summed E-state index contributed by atoms with van der Waals surface area (Å²) in [7, 11) is 1.57. The first kappa shape index (κ1) is 15.1. The van der Waals surface area contributed by atoms with E-state index in [-0.39, 0.29) is 0 Å². The topological polar surface area (TPSA) is 68.7 Å². The number of hydrogen-bond donors (Lipinski definition) is 1. The van der Waals surface area contributed by atoms with Crippen LogP contribution >= 0.6 is 11.3 Å². The van der Waals surface area contributed by atoms with Crippen LogP contribution in [-0.2, 0) is 11.4 Å². The molecule has 21 heavy (non-hydrogen) atoms. The zero-order valence-corrected chi connectivity index (χ0v) is 12.5. The summed E-state index contributed by atoms with van der Waals surface area (Å²) >= 11 is 1.56. The van der Waals surface area contributed by atoms with Gasteiger partial charge in [-0.1, -0.05) is 0 Å². The van der Waals surface area contributed by atoms with Gasteiger partial charge in [-0.25, -0.2) is 9.78 Å². The van der Waals surface area contributed by atoms with E-state index in [4.69, 9.17) is 14.6 Å². The summed E-state index contributed by atoms with van der Waals surface area (Å²) in [6.45, 7) is 2.26. The van der Waals surface area contributed by atoms with Gasteiger partial charge in [0.2, 0.25) is 0 Å². The van der Waals surface area contributed by atoms with Gasteiger partial charge < -0.3 is 14.6 Å². The Labute approximate surface area is 126 Å². The van der Waals surface area contributed by atoms with E-state index in [0.29, 0.717) is 23.7 Å². The molecule has 0 spiro atoms. The highest BCUT2D eigenvalue weighted by atomic mass is 32.1. The third-order valence-electron chi connectivity index (χ3n) is 2.67. The van der Waals surface area contributed by atoms with Crippen LogP contribution in [0.2, 0.25) is 0 Å². The van der Waals surface area contributed by atoms with Crippen molar-refractivity contribution in [1.82, 2.24) is 4.98 Å². The molecule has 0 fully saturated rings. The average Bonchev–Trinajstić information content (AvgIpc) is 2.88. The second kappa shape index (κ2) is 6.90. The smallest absolute Gasteiger partial charge is 0.328 e. The molecule has 1 N–H and O–H groups in total. The van der Waals surface area contributed by atoms with E-state index in [9.17, 15) is 4.79 Å². The zero-order valence-electron chi connectivity index (χ0n) is 11.7. The molecule has 0 bridgehead atoms. The third-order valence-corrected chi connectivity index (χ3v) is 3.49. The minimum Gasteiger partial charge on any atom is -0.497 e. The molecule has 2 rings (SSSR count). The van der Waals surface area contributed by atoms with Gasteiger partial charge in [-0.15, -0.1) is 11.3 Å². The lowest BCUT2D eigenvalue weighted by atomic mass is 10.1. The number of benzene rings is 1. The Kier molecular flexibility index (Phi) is 4.94. The molecule has 110 valence electrons. The minimum absolute atomic E-state index is 0.325. The van der Waals surface area contributed by atoms with Crippen molar-refractivity contribution in [3.8, 4) is 11.5 Å². The molecule has 0 aliphatic heterocycles. The van der Waals surface area contributed by atoms with Crippen LogP contribution in [0.4, 0.5) is 0 Å². The minimum atomic E-state index is -1.01. The number of thiazole rings is 1. The number of ether oxygens (including phenoxy) is 2. The number of aliphatic carboxylic acids is 1. The summed E-state index contributed by atoms with van der Waals surface area (Å²) in [4.78, 5) is 15.0. The lowest BCUT2D eigenvalue weighted by Crippen LogP contribution is -1.98. The van der Waals surface area contributed by atoms with Crippen molar-refractivity contribution >= 4 is 23.4 Å². The summed E-state index contributed by atoms with van der Waals surface area (Å²) in [6, 6.07) is 5.22. The van der Waals surface area contributed by atoms with E-state index >= 15 is 0 Å². The Morgan fingerprint density at radius 3 is 2.90 bits per heavy atom. The van der Waals surface area contributed by atoms with Gasteiger partial charge in [0.15, 0.2) is 0 Å². The molecular weight excluding hydrogens is 290 g/mol. The van der Waals surface area contributed by atoms with E-state index in [1.807, 2.05) is 12.3 Å². The highest BCUT2D eigenvalue weighted by Gasteiger charge is 2.06. The van der Waals surface area contributed by atoms with Crippen LogP contribution in [0.3, 0.4) is 0 Å². The van der Waals surface area contributed by atoms with Gasteiger partial charge >= 0.3 is 5.97 Å². The maximum absolute atomic E-state index is 10.6. The van der Waals surface area contributed by atoms with Gasteiger partial charge in [0.25, 0.3) is 0 Å². The predicted molar refractivity (Wildman–Crippen MR) is 80.8 cm³/mol. The van der Waals surface area contributed by atoms with Crippen LogP contribution in [0.5, 0.6) is 11.5 Å². The Morgan fingerprint density at radius 2 is 2.29 bits per heavy atom. The molecule has 1 aromatic carbocycles. The van der Waals surface area contributed by atoms with Gasteiger partial charge in [-0.3, -0.25) is 0 Å². The Hall–Kier alpha value is -2.34. The van der Waals surface area contributed by atoms with E-state index in [1.165, 1.54) is 6.08 Å². The van der Waals surface area contributed by atoms with Crippen molar-refractivity contribution in [3.05, 3.63) is 45.9 Å². The first-order chi connectivity index (χ1) is 10.1. The fourth-order valence-electron chi connectivity index (χ4n) is 1.69. The lowest BCUT2D eigenvalue weighted by Gasteiger charge is -2.10. The predicted octanol–water partition coefficient (Wildman–Crippen LogP) is 3.14. The first-order valence-electron chi connectivity index (χ1n) is 6.21. The molecule has 1 heterocycles. The normalized spacial score (nSPS) is 10.8. The monoisotopic (exact) mass is 305 g/mol. The largest absolute Gasteiger partial charge is 0.497 e. The Morgan fingerprint density at radius 1 is 1.48 bits per heavy atom. The molecule has 0 unspecified atom stereocenters. The number of nitrogens with zero attached hydrogens (tertiary/aromatic N) is 1. The highest BCUT2D eigenvalue weighted by molar-refractivity contribution is 7.09. The molecule has 6 heteroatoms. The molecule has 2 aromatic rings. The van der Waals surface area contributed by atoms with Crippen LogP contribution in [-0.4, -0.2) is 23.2 Å². The quantitative estimate of drug-likeness (QED) is 0.830. The van der Waals surface area contributed by atoms with E-state index < -0.39 is 5.97 Å². The molecule has 0 amide bonds. The Bertz CT molecular complexity index is 663. The van der Waals surface area contributed by atoms with Gasteiger partial charge in [-0.05, 0) is 25.1 Å². The molecular formula is C15H15NO4S. The molecule has 0 radical (unpaired) electrons. The highest BCUT2D eigenvalue weighted by Crippen LogP contribution is 2.27. The summed E-state index contributed by atoms with van der Waals surface area (Å²) < 4.78 is 10.9. The molecule has 5 nitrogen and oxygen atoms in total. The van der Waals surface area contributed by atoms with Crippen LogP contribution in [0.25, 0.3) is 6.08 Å². The lowest BCUT2D eigenvalue weighted by molar-refractivity contribution is -0.131. The standard InChI is InChI=1S/C15H15NO4S/c1-10-16-12(9-21-10)8-20-14-7-13(19-2)5-3-11(14)4-6-15(17)18/h3-7,9H,8H2,1-2H3,(H,17,18)/b6-4+. The number of hydrogen-bond acceptors (Lipinski definition) is 5. The van der Waals surface area contributed by atoms with Gasteiger partial charge in [-0.2, -0.15) is 0 Å². The van der Waals surface area contributed by atoms with E-state index in [0.717, 1.165) is 16.8 Å². The fraction of sp³-hybridized carbons (Fsp3) is 0.200. The number of carboxylic acids is 1. The molecule has 0 saturated carbocycles. The number of methoxy groups -OCH3 is 1. The second-order valence-electron chi connectivity index (χ2n) is 4.22. The van der Waals surface area contributed by atoms with Crippen molar-refractivity contribution in [2.75, 3.05) is 7.11 Å². The first-order valence-corrected chi connectivity index (χ1v) is 7.09. The van der Waals surface area contributed by atoms with Crippen molar-refractivity contribution in [3.63, 3.8) is 0 Å². The van der Waals surface area contributed by atoms with Crippen molar-refractivity contribution < 1.29 is 19.4 Å². The van der Waals surface area contributed by atoms with Crippen LogP contribution < -0.4 is 9.47 Å². The number of rotatable bonds is 6.